The lowest BCUT2D eigenvalue weighted by atomic mass is 10.2. The summed E-state index contributed by atoms with van der Waals surface area (Å²) in [5.74, 6) is -0.307. The molecule has 0 bridgehead atoms. The fraction of sp³-hybridized carbons (Fsp3) is 0.588. The van der Waals surface area contributed by atoms with Gasteiger partial charge in [-0.2, -0.15) is 0 Å². The van der Waals surface area contributed by atoms with Crippen LogP contribution in [0.1, 0.15) is 18.4 Å². The molecule has 0 aliphatic rings. The third-order valence-electron chi connectivity index (χ3n) is 3.66. The molecule has 142 valence electrons. The molecule has 0 heterocycles. The van der Waals surface area contributed by atoms with E-state index in [9.17, 15) is 13.2 Å². The predicted octanol–water partition coefficient (Wildman–Crippen LogP) is 2.09. The molecule has 1 aromatic carbocycles. The number of hydrogen-bond donors (Lipinski definition) is 2. The number of rotatable bonds is 11. The first-order valence-electron chi connectivity index (χ1n) is 8.52. The van der Waals surface area contributed by atoms with Gasteiger partial charge < -0.3 is 10.5 Å². The maximum atomic E-state index is 11.9. The van der Waals surface area contributed by atoms with Gasteiger partial charge in [0.25, 0.3) is 0 Å². The summed E-state index contributed by atoms with van der Waals surface area (Å²) in [4.78, 5) is 11.8. The number of hydrogen-bond acceptors (Lipinski definition) is 5. The molecule has 0 aromatic heterocycles. The van der Waals surface area contributed by atoms with Crippen LogP contribution in [0.15, 0.2) is 30.3 Å². The monoisotopic (exact) mass is 386 g/mol. The molecule has 0 fully saturated rings. The van der Waals surface area contributed by atoms with Crippen LogP contribution in [0.3, 0.4) is 0 Å². The molecule has 0 aliphatic heterocycles. The van der Waals surface area contributed by atoms with Gasteiger partial charge in [-0.1, -0.05) is 50.0 Å². The highest BCUT2D eigenvalue weighted by molar-refractivity contribution is 7.89. The molecule has 1 rings (SSSR count). The van der Waals surface area contributed by atoms with E-state index in [-0.39, 0.29) is 18.9 Å². The van der Waals surface area contributed by atoms with Gasteiger partial charge >= 0.3 is 5.97 Å². The molecular formula is C17H30N2O4SSi. The number of nitrogens with one attached hydrogen (secondary N) is 1. The predicted molar refractivity (Wildman–Crippen MR) is 103 cm³/mol. The molecule has 0 aliphatic carbocycles. The molecule has 3 N–H and O–H groups in total. The number of carbonyl (C=O) groups is 1. The molecule has 0 unspecified atom stereocenters. The SMILES string of the molecule is C[Si](C)(C)CCS(=O)(=O)NCCC[C@@H](N)C(=O)OCc1ccccc1. The topological polar surface area (TPSA) is 98.5 Å². The first-order chi connectivity index (χ1) is 11.6. The summed E-state index contributed by atoms with van der Waals surface area (Å²) in [6.07, 6.45) is 0.873. The number of nitrogens with two attached hydrogens (primary N) is 1. The lowest BCUT2D eigenvalue weighted by molar-refractivity contribution is -0.146. The second-order valence-electron chi connectivity index (χ2n) is 7.37. The van der Waals surface area contributed by atoms with Crippen molar-refractivity contribution in [2.24, 2.45) is 5.73 Å². The highest BCUT2D eigenvalue weighted by Crippen LogP contribution is 2.09. The van der Waals surface area contributed by atoms with Crippen LogP contribution >= 0.6 is 0 Å². The normalized spacial score (nSPS) is 13.4. The van der Waals surface area contributed by atoms with E-state index in [0.717, 1.165) is 11.6 Å². The molecule has 0 saturated carbocycles. The average Bonchev–Trinajstić information content (AvgIpc) is 2.55. The maximum Gasteiger partial charge on any atom is 0.323 e. The summed E-state index contributed by atoms with van der Waals surface area (Å²) in [6.45, 7) is 6.90. The minimum absolute atomic E-state index is 0.161. The average molecular weight is 387 g/mol. The van der Waals surface area contributed by atoms with Gasteiger partial charge in [-0.3, -0.25) is 4.79 Å². The number of benzene rings is 1. The first kappa shape index (κ1) is 21.8. The Kier molecular flexibility index (Phi) is 8.77. The van der Waals surface area contributed by atoms with Crippen molar-refractivity contribution >= 4 is 24.1 Å². The van der Waals surface area contributed by atoms with Gasteiger partial charge in [0.15, 0.2) is 0 Å². The Morgan fingerprint density at radius 2 is 1.88 bits per heavy atom. The summed E-state index contributed by atoms with van der Waals surface area (Å²) >= 11 is 0. The Morgan fingerprint density at radius 1 is 1.24 bits per heavy atom. The molecular weight excluding hydrogens is 356 g/mol. The van der Waals surface area contributed by atoms with Crippen molar-refractivity contribution in [3.05, 3.63) is 35.9 Å². The van der Waals surface area contributed by atoms with Gasteiger partial charge in [-0.05, 0) is 24.4 Å². The van der Waals surface area contributed by atoms with E-state index in [2.05, 4.69) is 24.4 Å². The largest absolute Gasteiger partial charge is 0.460 e. The zero-order valence-electron chi connectivity index (χ0n) is 15.3. The number of esters is 1. The van der Waals surface area contributed by atoms with Gasteiger partial charge in [-0.25, -0.2) is 13.1 Å². The Bertz CT molecular complexity index is 630. The van der Waals surface area contributed by atoms with Gasteiger partial charge in [0.05, 0.1) is 5.75 Å². The molecule has 8 heteroatoms. The lowest BCUT2D eigenvalue weighted by Crippen LogP contribution is -2.35. The van der Waals surface area contributed by atoms with Crippen LogP contribution in [-0.4, -0.2) is 40.8 Å². The van der Waals surface area contributed by atoms with Crippen LogP contribution in [0.25, 0.3) is 0 Å². The second-order valence-corrected chi connectivity index (χ2v) is 14.9. The molecule has 1 atom stereocenters. The van der Waals surface area contributed by atoms with Gasteiger partial charge in [0, 0.05) is 14.6 Å². The van der Waals surface area contributed by atoms with Crippen molar-refractivity contribution in [2.45, 2.75) is 51.2 Å². The van der Waals surface area contributed by atoms with Crippen LogP contribution in [0.5, 0.6) is 0 Å². The van der Waals surface area contributed by atoms with E-state index >= 15 is 0 Å². The summed E-state index contributed by atoms with van der Waals surface area (Å²) in [7, 11) is -4.64. The van der Waals surface area contributed by atoms with E-state index in [4.69, 9.17) is 10.5 Å². The Hall–Kier alpha value is -1.22. The second kappa shape index (κ2) is 10.1. The van der Waals surface area contributed by atoms with Crippen molar-refractivity contribution in [1.29, 1.82) is 0 Å². The number of ether oxygens (including phenoxy) is 1. The number of sulfonamides is 1. The van der Waals surface area contributed by atoms with Gasteiger partial charge in [0.2, 0.25) is 10.0 Å². The van der Waals surface area contributed by atoms with Crippen molar-refractivity contribution in [1.82, 2.24) is 4.72 Å². The van der Waals surface area contributed by atoms with Crippen LogP contribution < -0.4 is 10.5 Å². The van der Waals surface area contributed by atoms with Crippen molar-refractivity contribution in [3.8, 4) is 0 Å². The van der Waals surface area contributed by atoms with Gasteiger partial charge in [-0.15, -0.1) is 0 Å². The third-order valence-corrected chi connectivity index (χ3v) is 7.16. The first-order valence-corrected chi connectivity index (χ1v) is 13.9. The zero-order chi connectivity index (χ0) is 18.9. The fourth-order valence-corrected chi connectivity index (χ4v) is 6.14. The van der Waals surface area contributed by atoms with Crippen LogP contribution in [0, 0.1) is 0 Å². The summed E-state index contributed by atoms with van der Waals surface area (Å²) in [5.41, 5.74) is 6.70. The smallest absolute Gasteiger partial charge is 0.323 e. The lowest BCUT2D eigenvalue weighted by Gasteiger charge is -2.16. The maximum absolute atomic E-state index is 11.9. The van der Waals surface area contributed by atoms with E-state index in [1.54, 1.807) is 0 Å². The quantitative estimate of drug-likeness (QED) is 0.345. The third kappa shape index (κ3) is 10.4. The number of carbonyl (C=O) groups excluding carboxylic acids is 1. The van der Waals surface area contributed by atoms with Crippen LogP contribution in [0.4, 0.5) is 0 Å². The highest BCUT2D eigenvalue weighted by atomic mass is 32.2. The molecule has 1 aromatic rings. The molecule has 0 saturated heterocycles. The van der Waals surface area contributed by atoms with E-state index < -0.39 is 30.1 Å². The minimum Gasteiger partial charge on any atom is -0.460 e. The molecule has 6 nitrogen and oxygen atoms in total. The van der Waals surface area contributed by atoms with Crippen molar-refractivity contribution in [3.63, 3.8) is 0 Å². The van der Waals surface area contributed by atoms with E-state index in [1.165, 1.54) is 0 Å². The standard InChI is InChI=1S/C17H30N2O4SSi/c1-25(2,3)13-12-24(21,22)19-11-7-10-16(18)17(20)23-14-15-8-5-4-6-9-15/h4-6,8-9,16,19H,7,10-14,18H2,1-3H3/t16-/m1/s1. The molecule has 0 radical (unpaired) electrons. The highest BCUT2D eigenvalue weighted by Gasteiger charge is 2.19. The summed E-state index contributed by atoms with van der Waals surface area (Å²) < 4.78 is 31.5. The van der Waals surface area contributed by atoms with Crippen LogP contribution in [0.2, 0.25) is 25.7 Å². The summed E-state index contributed by atoms with van der Waals surface area (Å²) in [5, 5.41) is 0. The Labute approximate surface area is 152 Å². The minimum atomic E-state index is -3.25. The fourth-order valence-electron chi connectivity index (χ4n) is 2.02. The molecule has 0 amide bonds. The summed E-state index contributed by atoms with van der Waals surface area (Å²) in [6, 6.07) is 9.36. The Morgan fingerprint density at radius 3 is 2.48 bits per heavy atom. The van der Waals surface area contributed by atoms with E-state index in [1.807, 2.05) is 30.3 Å². The van der Waals surface area contributed by atoms with Gasteiger partial charge in [0.1, 0.15) is 12.6 Å². The van der Waals surface area contributed by atoms with Crippen LogP contribution in [-0.2, 0) is 26.2 Å². The van der Waals surface area contributed by atoms with Crippen molar-refractivity contribution < 1.29 is 17.9 Å². The zero-order valence-corrected chi connectivity index (χ0v) is 17.1. The van der Waals surface area contributed by atoms with Crippen molar-refractivity contribution in [2.75, 3.05) is 12.3 Å². The molecule has 0 spiro atoms. The molecule has 25 heavy (non-hydrogen) atoms. The Balaban J connectivity index is 2.23. The van der Waals surface area contributed by atoms with E-state index in [0.29, 0.717) is 12.8 Å².